The number of carbonyl (C=O) groups is 2. The second-order valence-electron chi connectivity index (χ2n) is 7.48. The molecule has 0 aliphatic rings. The van der Waals surface area contributed by atoms with Crippen LogP contribution >= 0.6 is 23.2 Å². The van der Waals surface area contributed by atoms with E-state index in [2.05, 4.69) is 5.32 Å². The van der Waals surface area contributed by atoms with Gasteiger partial charge in [-0.15, -0.1) is 0 Å². The molecule has 2 amide bonds. The number of ether oxygens (including phenoxy) is 2. The predicted molar refractivity (Wildman–Crippen MR) is 135 cm³/mol. The van der Waals surface area contributed by atoms with E-state index in [4.69, 9.17) is 32.7 Å². The van der Waals surface area contributed by atoms with Crippen molar-refractivity contribution >= 4 is 40.9 Å². The lowest BCUT2D eigenvalue weighted by Crippen LogP contribution is -2.36. The van der Waals surface area contributed by atoms with E-state index >= 15 is 0 Å². The number of methoxy groups -OCH3 is 1. The zero-order valence-corrected chi connectivity index (χ0v) is 20.5. The number of halogens is 2. The zero-order chi connectivity index (χ0) is 24.5. The summed E-state index contributed by atoms with van der Waals surface area (Å²) < 4.78 is 10.2. The van der Waals surface area contributed by atoms with Gasteiger partial charge in [-0.2, -0.15) is 0 Å². The van der Waals surface area contributed by atoms with Crippen LogP contribution in [0.25, 0.3) is 0 Å². The molecule has 178 valence electrons. The van der Waals surface area contributed by atoms with Crippen LogP contribution in [0.4, 0.5) is 10.5 Å². The molecule has 0 heterocycles. The third-order valence-electron chi connectivity index (χ3n) is 5.13. The number of nitrogens with one attached hydrogen (secondary N) is 1. The topological polar surface area (TPSA) is 67.9 Å². The molecule has 8 heteroatoms. The van der Waals surface area contributed by atoms with E-state index in [0.717, 1.165) is 16.9 Å². The van der Waals surface area contributed by atoms with Gasteiger partial charge in [0, 0.05) is 28.8 Å². The summed E-state index contributed by atoms with van der Waals surface area (Å²) >= 11 is 12.3. The summed E-state index contributed by atoms with van der Waals surface area (Å²) in [5.74, 6) is 0.343. The number of hydrogen-bond donors (Lipinski definition) is 1. The Morgan fingerprint density at radius 3 is 2.29 bits per heavy atom. The zero-order valence-electron chi connectivity index (χ0n) is 19.0. The van der Waals surface area contributed by atoms with Crippen molar-refractivity contribution in [2.75, 3.05) is 25.6 Å². The fourth-order valence-electron chi connectivity index (χ4n) is 3.29. The van der Waals surface area contributed by atoms with Gasteiger partial charge in [0.15, 0.2) is 0 Å². The molecular formula is C26H26Cl2N2O4. The largest absolute Gasteiger partial charge is 0.497 e. The second-order valence-corrected chi connectivity index (χ2v) is 8.33. The highest BCUT2D eigenvalue weighted by atomic mass is 35.5. The number of urea groups is 1. The average Bonchev–Trinajstić information content (AvgIpc) is 2.83. The van der Waals surface area contributed by atoms with Crippen LogP contribution in [0.2, 0.25) is 10.0 Å². The number of anilines is 1. The highest BCUT2D eigenvalue weighted by molar-refractivity contribution is 6.35. The number of nitrogens with zero attached hydrogens (tertiary/aromatic N) is 1. The van der Waals surface area contributed by atoms with Gasteiger partial charge in [-0.1, -0.05) is 41.4 Å². The van der Waals surface area contributed by atoms with Crippen molar-refractivity contribution < 1.29 is 19.1 Å². The summed E-state index contributed by atoms with van der Waals surface area (Å²) in [6, 6.07) is 19.2. The van der Waals surface area contributed by atoms with Crippen molar-refractivity contribution in [1.82, 2.24) is 4.90 Å². The number of hydrogen-bond acceptors (Lipinski definition) is 4. The maximum atomic E-state index is 13.2. The van der Waals surface area contributed by atoms with Gasteiger partial charge in [0.25, 0.3) is 0 Å². The van der Waals surface area contributed by atoms with Gasteiger partial charge in [0.1, 0.15) is 5.75 Å². The minimum Gasteiger partial charge on any atom is -0.497 e. The molecule has 0 atom stereocenters. The van der Waals surface area contributed by atoms with Crippen LogP contribution in [-0.4, -0.2) is 37.2 Å². The van der Waals surface area contributed by atoms with Crippen molar-refractivity contribution in [3.05, 3.63) is 93.5 Å². The van der Waals surface area contributed by atoms with Crippen LogP contribution < -0.4 is 10.1 Å². The highest BCUT2D eigenvalue weighted by Gasteiger charge is 2.16. The smallest absolute Gasteiger partial charge is 0.338 e. The number of amides is 2. The Labute approximate surface area is 209 Å². The van der Waals surface area contributed by atoms with E-state index in [0.29, 0.717) is 47.4 Å². The van der Waals surface area contributed by atoms with E-state index < -0.39 is 5.97 Å². The highest BCUT2D eigenvalue weighted by Crippen LogP contribution is 2.22. The molecule has 3 aromatic rings. The Morgan fingerprint density at radius 1 is 0.971 bits per heavy atom. The first-order valence-corrected chi connectivity index (χ1v) is 11.5. The van der Waals surface area contributed by atoms with Crippen LogP contribution in [0.15, 0.2) is 66.7 Å². The molecule has 3 aromatic carbocycles. The number of benzene rings is 3. The van der Waals surface area contributed by atoms with Crippen molar-refractivity contribution in [3.63, 3.8) is 0 Å². The first-order valence-electron chi connectivity index (χ1n) is 10.8. The third-order valence-corrected chi connectivity index (χ3v) is 5.72. The lowest BCUT2D eigenvalue weighted by molar-refractivity contribution is 0.0526. The summed E-state index contributed by atoms with van der Waals surface area (Å²) in [6.45, 7) is 2.87. The lowest BCUT2D eigenvalue weighted by Gasteiger charge is -2.24. The lowest BCUT2D eigenvalue weighted by atomic mass is 10.1. The number of rotatable bonds is 9. The van der Waals surface area contributed by atoms with Gasteiger partial charge < -0.3 is 19.7 Å². The van der Waals surface area contributed by atoms with Crippen LogP contribution in [0.3, 0.4) is 0 Å². The summed E-state index contributed by atoms with van der Waals surface area (Å²) in [5, 5.41) is 4.02. The van der Waals surface area contributed by atoms with Crippen molar-refractivity contribution in [2.45, 2.75) is 19.9 Å². The number of carbonyl (C=O) groups excluding carboxylic acids is 2. The van der Waals surface area contributed by atoms with E-state index in [1.807, 2.05) is 30.3 Å². The van der Waals surface area contributed by atoms with Crippen molar-refractivity contribution in [1.29, 1.82) is 0 Å². The summed E-state index contributed by atoms with van der Waals surface area (Å²) in [7, 11) is 1.61. The van der Waals surface area contributed by atoms with Gasteiger partial charge >= 0.3 is 12.0 Å². The van der Waals surface area contributed by atoms with E-state index in [1.54, 1.807) is 55.3 Å². The van der Waals surface area contributed by atoms with Crippen LogP contribution in [0.5, 0.6) is 5.75 Å². The quantitative estimate of drug-likeness (QED) is 0.342. The molecule has 0 saturated heterocycles. The first kappa shape index (κ1) is 25.4. The van der Waals surface area contributed by atoms with Crippen molar-refractivity contribution in [2.24, 2.45) is 0 Å². The molecular weight excluding hydrogens is 475 g/mol. The molecule has 1 N–H and O–H groups in total. The third kappa shape index (κ3) is 7.14. The molecule has 0 unspecified atom stereocenters. The fraction of sp³-hybridized carbons (Fsp3) is 0.231. The Hall–Kier alpha value is -3.22. The molecule has 0 saturated carbocycles. The van der Waals surface area contributed by atoms with Gasteiger partial charge in [0.2, 0.25) is 0 Å². The molecule has 0 aliphatic heterocycles. The first-order chi connectivity index (χ1) is 16.4. The van der Waals surface area contributed by atoms with E-state index in [-0.39, 0.29) is 6.03 Å². The van der Waals surface area contributed by atoms with Gasteiger partial charge in [-0.05, 0) is 73.0 Å². The molecule has 0 bridgehead atoms. The average molecular weight is 501 g/mol. The molecule has 0 spiro atoms. The van der Waals surface area contributed by atoms with Crippen LogP contribution in [0, 0.1) is 0 Å². The molecule has 34 heavy (non-hydrogen) atoms. The second kappa shape index (κ2) is 12.3. The summed E-state index contributed by atoms with van der Waals surface area (Å²) in [4.78, 5) is 26.7. The SMILES string of the molecule is CCOC(=O)c1ccc(NC(=O)N(CCc2ccc(Cl)cc2Cl)Cc2ccc(OC)cc2)cc1. The standard InChI is InChI=1S/C26H26Cl2N2O4/c1-3-34-25(31)20-7-10-22(11-8-20)29-26(32)30(17-18-4-12-23(33-2)13-5-18)15-14-19-6-9-21(27)16-24(19)28/h4-13,16H,3,14-15,17H2,1-2H3,(H,29,32). The molecule has 6 nitrogen and oxygen atoms in total. The molecule has 3 rings (SSSR count). The summed E-state index contributed by atoms with van der Waals surface area (Å²) in [5.41, 5.74) is 2.85. The molecule has 0 fully saturated rings. The Morgan fingerprint density at radius 2 is 1.68 bits per heavy atom. The van der Waals surface area contributed by atoms with Crippen molar-refractivity contribution in [3.8, 4) is 5.75 Å². The Balaban J connectivity index is 1.74. The van der Waals surface area contributed by atoms with E-state index in [1.165, 1.54) is 0 Å². The fourth-order valence-corrected chi connectivity index (χ4v) is 3.79. The Bertz CT molecular complexity index is 1120. The minimum atomic E-state index is -0.402. The molecule has 0 aromatic heterocycles. The minimum absolute atomic E-state index is 0.273. The van der Waals surface area contributed by atoms with Crippen LogP contribution in [0.1, 0.15) is 28.4 Å². The van der Waals surface area contributed by atoms with Gasteiger partial charge in [0.05, 0.1) is 19.3 Å². The normalized spacial score (nSPS) is 10.5. The molecule has 0 aliphatic carbocycles. The van der Waals surface area contributed by atoms with Gasteiger partial charge in [-0.3, -0.25) is 0 Å². The van der Waals surface area contributed by atoms with Crippen LogP contribution in [-0.2, 0) is 17.7 Å². The summed E-state index contributed by atoms with van der Waals surface area (Å²) in [6.07, 6.45) is 0.557. The van der Waals surface area contributed by atoms with E-state index in [9.17, 15) is 9.59 Å². The maximum absolute atomic E-state index is 13.2. The maximum Gasteiger partial charge on any atom is 0.338 e. The molecule has 0 radical (unpaired) electrons. The number of esters is 1. The monoisotopic (exact) mass is 500 g/mol. The van der Waals surface area contributed by atoms with Gasteiger partial charge in [-0.25, -0.2) is 9.59 Å². The Kier molecular flexibility index (Phi) is 9.19. The predicted octanol–water partition coefficient (Wildman–Crippen LogP) is 6.46.